The second kappa shape index (κ2) is 7.65. The zero-order valence-corrected chi connectivity index (χ0v) is 10.3. The Hall–Kier alpha value is -0.580. The van der Waals surface area contributed by atoms with Crippen LogP contribution in [0, 0.1) is 5.95 Å². The maximum Gasteiger partial charge on any atom is 0.255 e. The molecule has 1 aliphatic heterocycles. The normalized spacial score (nSPS) is 18.4. The summed E-state index contributed by atoms with van der Waals surface area (Å²) >= 11 is 0. The van der Waals surface area contributed by atoms with Crippen molar-refractivity contribution in [2.24, 2.45) is 0 Å². The van der Waals surface area contributed by atoms with Gasteiger partial charge in [-0.3, -0.25) is 0 Å². The van der Waals surface area contributed by atoms with Crippen LogP contribution in [0.4, 0.5) is 4.39 Å². The van der Waals surface area contributed by atoms with Gasteiger partial charge in [0.1, 0.15) is 6.61 Å². The van der Waals surface area contributed by atoms with Crippen LogP contribution in [0.25, 0.3) is 0 Å². The van der Waals surface area contributed by atoms with Crippen molar-refractivity contribution in [1.29, 1.82) is 0 Å². The lowest BCUT2D eigenvalue weighted by atomic mass is 10.2. The molecule has 1 aromatic rings. The van der Waals surface area contributed by atoms with E-state index in [4.69, 9.17) is 4.74 Å². The molecule has 1 aliphatic rings. The first-order valence-corrected chi connectivity index (χ1v) is 4.83. The van der Waals surface area contributed by atoms with Gasteiger partial charge in [0.2, 0.25) is 0 Å². The standard InChI is InChI=1S/C10H13FN2O.2ClH/c11-10-9(4-2-6-13-10)14-7-8-3-1-5-12-8;;/h2,4,6,8,12H,1,3,5,7H2;2*1H/t8-;;/m0../s1. The molecule has 1 fully saturated rings. The summed E-state index contributed by atoms with van der Waals surface area (Å²) in [7, 11) is 0. The first-order chi connectivity index (χ1) is 6.86. The second-order valence-electron chi connectivity index (χ2n) is 3.40. The van der Waals surface area contributed by atoms with Crippen LogP contribution in [-0.4, -0.2) is 24.2 Å². The van der Waals surface area contributed by atoms with E-state index < -0.39 is 5.95 Å². The summed E-state index contributed by atoms with van der Waals surface area (Å²) in [6.07, 6.45) is 3.68. The number of halogens is 3. The van der Waals surface area contributed by atoms with Gasteiger partial charge in [0, 0.05) is 12.2 Å². The fourth-order valence-electron chi connectivity index (χ4n) is 1.57. The predicted octanol–water partition coefficient (Wildman–Crippen LogP) is 2.20. The van der Waals surface area contributed by atoms with E-state index in [0.29, 0.717) is 12.6 Å². The van der Waals surface area contributed by atoms with E-state index in [1.807, 2.05) is 0 Å². The maximum atomic E-state index is 13.0. The molecule has 2 rings (SSSR count). The first-order valence-electron chi connectivity index (χ1n) is 4.83. The Balaban J connectivity index is 0.00000112. The Morgan fingerprint density at radius 3 is 2.94 bits per heavy atom. The molecule has 16 heavy (non-hydrogen) atoms. The van der Waals surface area contributed by atoms with Crippen LogP contribution in [0.1, 0.15) is 12.8 Å². The molecule has 0 aromatic carbocycles. The lowest BCUT2D eigenvalue weighted by molar-refractivity contribution is 0.262. The minimum atomic E-state index is -0.537. The van der Waals surface area contributed by atoms with Crippen molar-refractivity contribution in [3.8, 4) is 5.75 Å². The van der Waals surface area contributed by atoms with E-state index in [9.17, 15) is 4.39 Å². The van der Waals surface area contributed by atoms with E-state index in [0.717, 1.165) is 13.0 Å². The highest BCUT2D eigenvalue weighted by Crippen LogP contribution is 2.14. The SMILES string of the molecule is Cl.Cl.Fc1ncccc1OC[C@@H]1CCCN1. The van der Waals surface area contributed by atoms with Gasteiger partial charge in [0.25, 0.3) is 5.95 Å². The van der Waals surface area contributed by atoms with Gasteiger partial charge >= 0.3 is 0 Å². The molecule has 0 saturated carbocycles. The first kappa shape index (κ1) is 15.4. The number of aromatic nitrogens is 1. The van der Waals surface area contributed by atoms with Gasteiger partial charge in [-0.25, -0.2) is 4.98 Å². The smallest absolute Gasteiger partial charge is 0.255 e. The molecule has 1 saturated heterocycles. The fraction of sp³-hybridized carbons (Fsp3) is 0.500. The van der Waals surface area contributed by atoms with Gasteiger partial charge in [0.05, 0.1) is 0 Å². The van der Waals surface area contributed by atoms with Crippen LogP contribution in [0.2, 0.25) is 0 Å². The number of ether oxygens (including phenoxy) is 1. The molecule has 2 heterocycles. The minimum absolute atomic E-state index is 0. The van der Waals surface area contributed by atoms with Crippen molar-refractivity contribution >= 4 is 24.8 Å². The van der Waals surface area contributed by atoms with Gasteiger partial charge in [-0.1, -0.05) is 0 Å². The topological polar surface area (TPSA) is 34.1 Å². The number of nitrogens with one attached hydrogen (secondary N) is 1. The lowest BCUT2D eigenvalue weighted by Crippen LogP contribution is -2.28. The molecule has 0 amide bonds. The van der Waals surface area contributed by atoms with E-state index in [2.05, 4.69) is 10.3 Å². The van der Waals surface area contributed by atoms with Crippen LogP contribution in [-0.2, 0) is 0 Å². The van der Waals surface area contributed by atoms with Crippen molar-refractivity contribution in [2.75, 3.05) is 13.2 Å². The van der Waals surface area contributed by atoms with Crippen LogP contribution in [0.3, 0.4) is 0 Å². The monoisotopic (exact) mass is 268 g/mol. The lowest BCUT2D eigenvalue weighted by Gasteiger charge is -2.11. The number of hydrogen-bond donors (Lipinski definition) is 1. The summed E-state index contributed by atoms with van der Waals surface area (Å²) in [5, 5.41) is 3.28. The van der Waals surface area contributed by atoms with Gasteiger partial charge < -0.3 is 10.1 Å². The minimum Gasteiger partial charge on any atom is -0.487 e. The molecule has 3 nitrogen and oxygen atoms in total. The number of nitrogens with zero attached hydrogens (tertiary/aromatic N) is 1. The van der Waals surface area contributed by atoms with E-state index in [-0.39, 0.29) is 30.6 Å². The van der Waals surface area contributed by atoms with Crippen LogP contribution in [0.15, 0.2) is 18.3 Å². The molecule has 92 valence electrons. The number of pyridine rings is 1. The molecule has 1 N–H and O–H groups in total. The van der Waals surface area contributed by atoms with Crippen molar-refractivity contribution in [2.45, 2.75) is 18.9 Å². The summed E-state index contributed by atoms with van der Waals surface area (Å²) in [4.78, 5) is 3.51. The second-order valence-corrected chi connectivity index (χ2v) is 3.40. The Labute approximate surface area is 107 Å². The van der Waals surface area contributed by atoms with Crippen LogP contribution < -0.4 is 10.1 Å². The molecular formula is C10H15Cl2FN2O. The van der Waals surface area contributed by atoms with Gasteiger partial charge in [0.15, 0.2) is 5.75 Å². The molecule has 0 bridgehead atoms. The molecule has 0 aliphatic carbocycles. The van der Waals surface area contributed by atoms with E-state index >= 15 is 0 Å². The van der Waals surface area contributed by atoms with Crippen molar-refractivity contribution < 1.29 is 9.13 Å². The zero-order chi connectivity index (χ0) is 9.80. The highest BCUT2D eigenvalue weighted by Gasteiger charge is 2.15. The van der Waals surface area contributed by atoms with Gasteiger partial charge in [-0.15, -0.1) is 24.8 Å². The Morgan fingerprint density at radius 1 is 1.50 bits per heavy atom. The van der Waals surface area contributed by atoms with Crippen LogP contribution in [0.5, 0.6) is 5.75 Å². The molecule has 6 heteroatoms. The molecule has 0 unspecified atom stereocenters. The molecule has 1 aromatic heterocycles. The van der Waals surface area contributed by atoms with Gasteiger partial charge in [-0.05, 0) is 31.5 Å². The van der Waals surface area contributed by atoms with Gasteiger partial charge in [-0.2, -0.15) is 4.39 Å². The summed E-state index contributed by atoms with van der Waals surface area (Å²) in [5.41, 5.74) is 0. The zero-order valence-electron chi connectivity index (χ0n) is 8.69. The molecule has 1 atom stereocenters. The van der Waals surface area contributed by atoms with Crippen molar-refractivity contribution in [3.63, 3.8) is 0 Å². The van der Waals surface area contributed by atoms with E-state index in [1.165, 1.54) is 12.6 Å². The Kier molecular flexibility index (Phi) is 7.38. The largest absolute Gasteiger partial charge is 0.487 e. The summed E-state index contributed by atoms with van der Waals surface area (Å²) in [6.45, 7) is 1.55. The average Bonchev–Trinajstić information content (AvgIpc) is 2.69. The predicted molar refractivity (Wildman–Crippen MR) is 65.2 cm³/mol. The van der Waals surface area contributed by atoms with Crippen LogP contribution >= 0.6 is 24.8 Å². The Bertz CT molecular complexity index is 309. The highest BCUT2D eigenvalue weighted by molar-refractivity contribution is 5.85. The quantitative estimate of drug-likeness (QED) is 0.854. The van der Waals surface area contributed by atoms with Crippen molar-refractivity contribution in [1.82, 2.24) is 10.3 Å². The number of hydrogen-bond acceptors (Lipinski definition) is 3. The summed E-state index contributed by atoms with van der Waals surface area (Å²) in [5.74, 6) is -0.299. The third kappa shape index (κ3) is 4.12. The third-order valence-electron chi connectivity index (χ3n) is 2.33. The number of rotatable bonds is 3. The summed E-state index contributed by atoms with van der Waals surface area (Å²) in [6, 6.07) is 3.62. The summed E-state index contributed by atoms with van der Waals surface area (Å²) < 4.78 is 18.3. The molecule has 0 radical (unpaired) electrons. The molecular weight excluding hydrogens is 254 g/mol. The third-order valence-corrected chi connectivity index (χ3v) is 2.33. The maximum absolute atomic E-state index is 13.0. The highest BCUT2D eigenvalue weighted by atomic mass is 35.5. The Morgan fingerprint density at radius 2 is 2.31 bits per heavy atom. The molecule has 0 spiro atoms. The van der Waals surface area contributed by atoms with Crippen molar-refractivity contribution in [3.05, 3.63) is 24.3 Å². The average molecular weight is 269 g/mol. The fourth-order valence-corrected chi connectivity index (χ4v) is 1.57. The van der Waals surface area contributed by atoms with E-state index in [1.54, 1.807) is 12.1 Å².